The van der Waals surface area contributed by atoms with Crippen molar-refractivity contribution in [3.05, 3.63) is 23.8 Å². The van der Waals surface area contributed by atoms with Crippen LogP contribution in [0.3, 0.4) is 0 Å². The van der Waals surface area contributed by atoms with Gasteiger partial charge in [-0.05, 0) is 24.5 Å². The number of ether oxygens (including phenoxy) is 2. The number of hydrogen-bond acceptors (Lipinski definition) is 4. The molecule has 1 aromatic rings. The Labute approximate surface area is 114 Å². The average Bonchev–Trinajstić information content (AvgIpc) is 2.42. The van der Waals surface area contributed by atoms with Crippen molar-refractivity contribution < 1.29 is 14.6 Å². The third kappa shape index (κ3) is 4.11. The van der Waals surface area contributed by atoms with Crippen molar-refractivity contribution >= 4 is 0 Å². The lowest BCUT2D eigenvalue weighted by atomic mass is 10.1. The Morgan fingerprint density at radius 2 is 2.26 bits per heavy atom. The van der Waals surface area contributed by atoms with Crippen molar-refractivity contribution in [1.82, 2.24) is 5.32 Å². The SMILES string of the molecule is CC(C)NCC(O)COc1cccc2c1OCCC2. The summed E-state index contributed by atoms with van der Waals surface area (Å²) in [5.41, 5.74) is 1.19. The number of para-hydroxylation sites is 1. The molecule has 0 fully saturated rings. The van der Waals surface area contributed by atoms with E-state index in [4.69, 9.17) is 9.47 Å². The quantitative estimate of drug-likeness (QED) is 0.823. The lowest BCUT2D eigenvalue weighted by Gasteiger charge is -2.21. The number of rotatable bonds is 6. The molecular weight excluding hydrogens is 242 g/mol. The molecule has 0 aromatic heterocycles. The highest BCUT2D eigenvalue weighted by Crippen LogP contribution is 2.34. The lowest BCUT2D eigenvalue weighted by Crippen LogP contribution is -2.35. The molecule has 0 spiro atoms. The van der Waals surface area contributed by atoms with Gasteiger partial charge < -0.3 is 19.9 Å². The van der Waals surface area contributed by atoms with Crippen LogP contribution in [-0.2, 0) is 6.42 Å². The second-order valence-electron chi connectivity index (χ2n) is 5.22. The van der Waals surface area contributed by atoms with E-state index in [9.17, 15) is 5.11 Å². The van der Waals surface area contributed by atoms with E-state index in [0.29, 0.717) is 12.6 Å². The molecule has 1 aliphatic rings. The van der Waals surface area contributed by atoms with Gasteiger partial charge in [-0.1, -0.05) is 26.0 Å². The Kier molecular flexibility index (Phi) is 5.05. The molecule has 0 saturated heterocycles. The summed E-state index contributed by atoms with van der Waals surface area (Å²) in [6, 6.07) is 6.30. The van der Waals surface area contributed by atoms with Gasteiger partial charge in [0, 0.05) is 12.6 Å². The highest BCUT2D eigenvalue weighted by Gasteiger charge is 2.16. The van der Waals surface area contributed by atoms with Gasteiger partial charge in [0.2, 0.25) is 0 Å². The van der Waals surface area contributed by atoms with Crippen LogP contribution in [0.1, 0.15) is 25.8 Å². The molecule has 19 heavy (non-hydrogen) atoms. The van der Waals surface area contributed by atoms with Crippen LogP contribution in [0.5, 0.6) is 11.5 Å². The molecule has 1 aromatic carbocycles. The van der Waals surface area contributed by atoms with Gasteiger partial charge in [0.25, 0.3) is 0 Å². The summed E-state index contributed by atoms with van der Waals surface area (Å²) in [6.07, 6.45) is 1.57. The third-order valence-corrected chi connectivity index (χ3v) is 3.09. The van der Waals surface area contributed by atoms with Gasteiger partial charge in [0.05, 0.1) is 6.61 Å². The number of aliphatic hydroxyl groups excluding tert-OH is 1. The van der Waals surface area contributed by atoms with Crippen molar-refractivity contribution in [2.75, 3.05) is 19.8 Å². The van der Waals surface area contributed by atoms with Crippen LogP contribution in [0.2, 0.25) is 0 Å². The fourth-order valence-corrected chi connectivity index (χ4v) is 2.09. The third-order valence-electron chi connectivity index (χ3n) is 3.09. The van der Waals surface area contributed by atoms with E-state index in [-0.39, 0.29) is 6.61 Å². The average molecular weight is 265 g/mol. The molecule has 0 radical (unpaired) electrons. The first-order chi connectivity index (χ1) is 9.16. The largest absolute Gasteiger partial charge is 0.489 e. The summed E-state index contributed by atoms with van der Waals surface area (Å²) in [5, 5.41) is 13.0. The molecule has 106 valence electrons. The lowest BCUT2D eigenvalue weighted by molar-refractivity contribution is 0.102. The zero-order valence-corrected chi connectivity index (χ0v) is 11.7. The Balaban J connectivity index is 1.89. The first-order valence-electron chi connectivity index (χ1n) is 6.95. The molecule has 4 nitrogen and oxygen atoms in total. The maximum atomic E-state index is 9.84. The minimum atomic E-state index is -0.512. The number of fused-ring (bicyclic) bond motifs is 1. The molecule has 0 aliphatic carbocycles. The van der Waals surface area contributed by atoms with Gasteiger partial charge in [-0.25, -0.2) is 0 Å². The topological polar surface area (TPSA) is 50.7 Å². The van der Waals surface area contributed by atoms with Gasteiger partial charge in [-0.15, -0.1) is 0 Å². The van der Waals surface area contributed by atoms with Gasteiger partial charge >= 0.3 is 0 Å². The normalized spacial score (nSPS) is 15.8. The number of hydrogen-bond donors (Lipinski definition) is 2. The molecule has 0 saturated carbocycles. The zero-order valence-electron chi connectivity index (χ0n) is 11.7. The number of nitrogens with one attached hydrogen (secondary N) is 1. The first-order valence-corrected chi connectivity index (χ1v) is 6.95. The van der Waals surface area contributed by atoms with Crippen molar-refractivity contribution in [3.8, 4) is 11.5 Å². The number of aliphatic hydroxyl groups is 1. The van der Waals surface area contributed by atoms with E-state index in [2.05, 4.69) is 25.2 Å². The van der Waals surface area contributed by atoms with Crippen LogP contribution >= 0.6 is 0 Å². The van der Waals surface area contributed by atoms with E-state index in [1.54, 1.807) is 0 Å². The minimum Gasteiger partial charge on any atom is -0.489 e. The molecular formula is C15H23NO3. The van der Waals surface area contributed by atoms with Crippen molar-refractivity contribution in [2.45, 2.75) is 38.8 Å². The predicted molar refractivity (Wildman–Crippen MR) is 74.9 cm³/mol. The summed E-state index contributed by atoms with van der Waals surface area (Å²) < 4.78 is 11.3. The molecule has 0 amide bonds. The second-order valence-corrected chi connectivity index (χ2v) is 5.22. The van der Waals surface area contributed by atoms with E-state index in [1.807, 2.05) is 12.1 Å². The Hall–Kier alpha value is -1.26. The van der Waals surface area contributed by atoms with E-state index in [0.717, 1.165) is 30.9 Å². The van der Waals surface area contributed by atoms with Crippen molar-refractivity contribution in [2.24, 2.45) is 0 Å². The number of benzene rings is 1. The second kappa shape index (κ2) is 6.78. The monoisotopic (exact) mass is 265 g/mol. The van der Waals surface area contributed by atoms with Crippen LogP contribution in [0.4, 0.5) is 0 Å². The standard InChI is InChI=1S/C15H23NO3/c1-11(2)16-9-13(17)10-19-14-7-3-5-12-6-4-8-18-15(12)14/h3,5,7,11,13,16-17H,4,6,8-10H2,1-2H3. The highest BCUT2D eigenvalue weighted by molar-refractivity contribution is 5.47. The highest BCUT2D eigenvalue weighted by atomic mass is 16.5. The van der Waals surface area contributed by atoms with Gasteiger partial charge in [0.15, 0.2) is 11.5 Å². The van der Waals surface area contributed by atoms with Crippen LogP contribution in [0.15, 0.2) is 18.2 Å². The fourth-order valence-electron chi connectivity index (χ4n) is 2.09. The van der Waals surface area contributed by atoms with E-state index >= 15 is 0 Å². The molecule has 0 bridgehead atoms. The molecule has 1 heterocycles. The van der Waals surface area contributed by atoms with Crippen LogP contribution in [-0.4, -0.2) is 37.0 Å². The van der Waals surface area contributed by atoms with Gasteiger partial charge in [-0.2, -0.15) is 0 Å². The van der Waals surface area contributed by atoms with E-state index < -0.39 is 6.10 Å². The summed E-state index contributed by atoms with van der Waals surface area (Å²) in [4.78, 5) is 0. The van der Waals surface area contributed by atoms with Crippen LogP contribution in [0.25, 0.3) is 0 Å². The Morgan fingerprint density at radius 1 is 1.42 bits per heavy atom. The zero-order chi connectivity index (χ0) is 13.7. The summed E-state index contributed by atoms with van der Waals surface area (Å²) in [7, 11) is 0. The Bertz CT molecular complexity index is 406. The van der Waals surface area contributed by atoms with Crippen molar-refractivity contribution in [1.29, 1.82) is 0 Å². The van der Waals surface area contributed by atoms with Crippen LogP contribution < -0.4 is 14.8 Å². The minimum absolute atomic E-state index is 0.277. The molecule has 2 rings (SSSR count). The first kappa shape index (κ1) is 14.2. The molecule has 1 atom stereocenters. The fraction of sp³-hybridized carbons (Fsp3) is 0.600. The summed E-state index contributed by atoms with van der Waals surface area (Å²) in [5.74, 6) is 1.58. The predicted octanol–water partition coefficient (Wildman–Crippen LogP) is 1.75. The molecule has 4 heteroatoms. The molecule has 1 aliphatic heterocycles. The summed E-state index contributed by atoms with van der Waals surface area (Å²) >= 11 is 0. The molecule has 1 unspecified atom stereocenters. The van der Waals surface area contributed by atoms with Gasteiger partial charge in [0.1, 0.15) is 12.7 Å². The molecule has 2 N–H and O–H groups in total. The van der Waals surface area contributed by atoms with Crippen molar-refractivity contribution in [3.63, 3.8) is 0 Å². The van der Waals surface area contributed by atoms with Crippen LogP contribution in [0, 0.1) is 0 Å². The smallest absolute Gasteiger partial charge is 0.164 e. The Morgan fingerprint density at radius 3 is 3.05 bits per heavy atom. The summed E-state index contributed by atoms with van der Waals surface area (Å²) in [6.45, 7) is 5.65. The van der Waals surface area contributed by atoms with Gasteiger partial charge in [-0.3, -0.25) is 0 Å². The van der Waals surface area contributed by atoms with E-state index in [1.165, 1.54) is 5.56 Å². The maximum absolute atomic E-state index is 9.84. The maximum Gasteiger partial charge on any atom is 0.164 e. The number of aryl methyl sites for hydroxylation is 1.